The summed E-state index contributed by atoms with van der Waals surface area (Å²) in [5.74, 6) is 0.102. The molecule has 1 atom stereocenters. The van der Waals surface area contributed by atoms with Crippen molar-refractivity contribution < 1.29 is 9.18 Å². The standard InChI is InChI=1S/C32H35FN4O/c1-21(23-13-18-26(28(33)19-23)22-9-5-4-6-10-22)32(38)35-25-16-14-24(15-17-25)34-31-20-30(37(2)3)27-11-7-8-12-29(27)36-31/h4-13,18-21,24-25H,14-17H2,1-3H3,(H,34,36)(H,35,38)/t21?,24-,25+. The number of nitrogens with zero attached hydrogens (tertiary/aromatic N) is 2. The van der Waals surface area contributed by atoms with Crippen LogP contribution >= 0.6 is 0 Å². The zero-order valence-corrected chi connectivity index (χ0v) is 22.2. The Morgan fingerprint density at radius 1 is 0.921 bits per heavy atom. The Hall–Kier alpha value is -3.93. The highest BCUT2D eigenvalue weighted by Gasteiger charge is 2.25. The lowest BCUT2D eigenvalue weighted by molar-refractivity contribution is -0.123. The molecule has 0 radical (unpaired) electrons. The van der Waals surface area contributed by atoms with E-state index < -0.39 is 5.92 Å². The van der Waals surface area contributed by atoms with E-state index >= 15 is 0 Å². The molecule has 1 unspecified atom stereocenters. The van der Waals surface area contributed by atoms with E-state index in [1.807, 2.05) is 75.6 Å². The van der Waals surface area contributed by atoms with Gasteiger partial charge in [-0.05, 0) is 55.9 Å². The lowest BCUT2D eigenvalue weighted by Gasteiger charge is -2.31. The summed E-state index contributed by atoms with van der Waals surface area (Å²) < 4.78 is 14.8. The minimum atomic E-state index is -0.420. The van der Waals surface area contributed by atoms with Crippen LogP contribution in [0.15, 0.2) is 78.9 Å². The van der Waals surface area contributed by atoms with Gasteiger partial charge in [0.15, 0.2) is 0 Å². The number of benzene rings is 3. The fourth-order valence-corrected chi connectivity index (χ4v) is 5.32. The van der Waals surface area contributed by atoms with Crippen molar-refractivity contribution in [1.82, 2.24) is 10.3 Å². The van der Waals surface area contributed by atoms with Gasteiger partial charge in [-0.25, -0.2) is 9.37 Å². The summed E-state index contributed by atoms with van der Waals surface area (Å²) >= 11 is 0. The number of rotatable bonds is 7. The molecule has 6 heteroatoms. The van der Waals surface area contributed by atoms with Crippen LogP contribution in [0.5, 0.6) is 0 Å². The fourth-order valence-electron chi connectivity index (χ4n) is 5.32. The highest BCUT2D eigenvalue weighted by Crippen LogP contribution is 2.30. The number of halogens is 1. The van der Waals surface area contributed by atoms with Crippen LogP contribution in [0.2, 0.25) is 0 Å². The number of nitrogens with one attached hydrogen (secondary N) is 2. The van der Waals surface area contributed by atoms with Crippen molar-refractivity contribution >= 4 is 28.3 Å². The topological polar surface area (TPSA) is 57.3 Å². The average molecular weight is 511 g/mol. The van der Waals surface area contributed by atoms with E-state index in [-0.39, 0.29) is 17.8 Å². The summed E-state index contributed by atoms with van der Waals surface area (Å²) in [6.07, 6.45) is 3.69. The van der Waals surface area contributed by atoms with Crippen molar-refractivity contribution in [2.24, 2.45) is 0 Å². The first kappa shape index (κ1) is 25.7. The molecule has 38 heavy (non-hydrogen) atoms. The van der Waals surface area contributed by atoms with Crippen LogP contribution in [-0.2, 0) is 4.79 Å². The normalized spacial score (nSPS) is 18.1. The number of hydrogen-bond acceptors (Lipinski definition) is 4. The number of amides is 1. The largest absolute Gasteiger partial charge is 0.377 e. The van der Waals surface area contributed by atoms with Crippen LogP contribution in [0.1, 0.15) is 44.1 Å². The lowest BCUT2D eigenvalue weighted by atomic mass is 9.90. The highest BCUT2D eigenvalue weighted by molar-refractivity contribution is 5.93. The van der Waals surface area contributed by atoms with Crippen LogP contribution in [0.4, 0.5) is 15.9 Å². The molecule has 0 aliphatic heterocycles. The number of carbonyl (C=O) groups is 1. The van der Waals surface area contributed by atoms with Gasteiger partial charge in [-0.15, -0.1) is 0 Å². The number of para-hydroxylation sites is 1. The second-order valence-corrected chi connectivity index (χ2v) is 10.5. The Labute approximate surface area is 224 Å². The zero-order valence-electron chi connectivity index (χ0n) is 22.2. The summed E-state index contributed by atoms with van der Waals surface area (Å²) in [6, 6.07) is 25.3. The number of fused-ring (bicyclic) bond motifs is 1. The predicted molar refractivity (Wildman–Crippen MR) is 154 cm³/mol. The van der Waals surface area contributed by atoms with Crippen molar-refractivity contribution in [3.05, 3.63) is 90.2 Å². The molecule has 1 aliphatic rings. The Kier molecular flexibility index (Phi) is 7.59. The van der Waals surface area contributed by atoms with Gasteiger partial charge < -0.3 is 15.5 Å². The number of pyridine rings is 1. The smallest absolute Gasteiger partial charge is 0.227 e. The zero-order chi connectivity index (χ0) is 26.6. The first-order chi connectivity index (χ1) is 18.4. The van der Waals surface area contributed by atoms with Gasteiger partial charge in [-0.3, -0.25) is 4.79 Å². The van der Waals surface area contributed by atoms with Crippen molar-refractivity contribution in [3.63, 3.8) is 0 Å². The summed E-state index contributed by atoms with van der Waals surface area (Å²) in [6.45, 7) is 1.84. The molecule has 3 aromatic carbocycles. The average Bonchev–Trinajstić information content (AvgIpc) is 2.93. The van der Waals surface area contributed by atoms with E-state index in [2.05, 4.69) is 27.7 Å². The summed E-state index contributed by atoms with van der Waals surface area (Å²) in [7, 11) is 4.10. The molecule has 0 spiro atoms. The van der Waals surface area contributed by atoms with E-state index in [1.54, 1.807) is 6.07 Å². The molecule has 1 heterocycles. The lowest BCUT2D eigenvalue weighted by Crippen LogP contribution is -2.41. The van der Waals surface area contributed by atoms with Gasteiger partial charge in [0, 0.05) is 48.9 Å². The van der Waals surface area contributed by atoms with Crippen LogP contribution in [0.3, 0.4) is 0 Å². The van der Waals surface area contributed by atoms with E-state index in [9.17, 15) is 9.18 Å². The molecular weight excluding hydrogens is 475 g/mol. The van der Waals surface area contributed by atoms with Crippen molar-refractivity contribution in [2.75, 3.05) is 24.3 Å². The summed E-state index contributed by atoms with van der Waals surface area (Å²) in [5.41, 5.74) is 4.18. The maximum absolute atomic E-state index is 14.8. The van der Waals surface area contributed by atoms with Gasteiger partial charge in [0.2, 0.25) is 5.91 Å². The van der Waals surface area contributed by atoms with Gasteiger partial charge in [-0.1, -0.05) is 60.7 Å². The molecule has 2 N–H and O–H groups in total. The Morgan fingerprint density at radius 3 is 2.32 bits per heavy atom. The number of hydrogen-bond donors (Lipinski definition) is 2. The Balaban J connectivity index is 1.17. The Bertz CT molecular complexity index is 1410. The van der Waals surface area contributed by atoms with Gasteiger partial charge in [0.25, 0.3) is 0 Å². The van der Waals surface area contributed by atoms with E-state index in [1.165, 1.54) is 6.07 Å². The van der Waals surface area contributed by atoms with Crippen molar-refractivity contribution in [2.45, 2.75) is 50.6 Å². The first-order valence-corrected chi connectivity index (χ1v) is 13.4. The number of aromatic nitrogens is 1. The highest BCUT2D eigenvalue weighted by atomic mass is 19.1. The van der Waals surface area contributed by atoms with Gasteiger partial charge in [0.1, 0.15) is 11.6 Å². The summed E-state index contributed by atoms with van der Waals surface area (Å²) in [4.78, 5) is 20.0. The second kappa shape index (κ2) is 11.2. The van der Waals surface area contributed by atoms with Crippen LogP contribution in [0, 0.1) is 5.82 Å². The maximum atomic E-state index is 14.8. The predicted octanol–water partition coefficient (Wildman–Crippen LogP) is 6.75. The van der Waals surface area contributed by atoms with Crippen molar-refractivity contribution in [1.29, 1.82) is 0 Å². The molecule has 1 amide bonds. The van der Waals surface area contributed by atoms with Crippen LogP contribution in [-0.4, -0.2) is 37.1 Å². The molecule has 196 valence electrons. The van der Waals surface area contributed by atoms with E-state index in [0.29, 0.717) is 17.2 Å². The van der Waals surface area contributed by atoms with Gasteiger partial charge in [-0.2, -0.15) is 0 Å². The molecule has 1 saturated carbocycles. The number of anilines is 2. The molecule has 5 nitrogen and oxygen atoms in total. The van der Waals surface area contributed by atoms with Crippen LogP contribution < -0.4 is 15.5 Å². The maximum Gasteiger partial charge on any atom is 0.227 e. The van der Waals surface area contributed by atoms with Crippen molar-refractivity contribution in [3.8, 4) is 11.1 Å². The first-order valence-electron chi connectivity index (χ1n) is 13.4. The third kappa shape index (κ3) is 5.64. The molecule has 1 fully saturated rings. The Morgan fingerprint density at radius 2 is 1.61 bits per heavy atom. The minimum absolute atomic E-state index is 0.0555. The molecule has 1 aromatic heterocycles. The number of carbonyl (C=O) groups excluding carboxylic acids is 1. The molecule has 1 aliphatic carbocycles. The quantitative estimate of drug-likeness (QED) is 0.289. The fraction of sp³-hybridized carbons (Fsp3) is 0.312. The molecule has 0 saturated heterocycles. The molecule has 4 aromatic rings. The van der Waals surface area contributed by atoms with E-state index in [4.69, 9.17) is 4.98 Å². The van der Waals surface area contributed by atoms with E-state index in [0.717, 1.165) is 53.7 Å². The third-order valence-corrected chi connectivity index (χ3v) is 7.57. The molecular formula is C32H35FN4O. The summed E-state index contributed by atoms with van der Waals surface area (Å²) in [5, 5.41) is 7.96. The van der Waals surface area contributed by atoms with Crippen LogP contribution in [0.25, 0.3) is 22.0 Å². The van der Waals surface area contributed by atoms with Gasteiger partial charge >= 0.3 is 0 Å². The monoisotopic (exact) mass is 510 g/mol. The molecule has 5 rings (SSSR count). The SMILES string of the molecule is CC(C(=O)N[C@H]1CC[C@@H](Nc2cc(N(C)C)c3ccccc3n2)CC1)c1ccc(-c2ccccc2)c(F)c1. The minimum Gasteiger partial charge on any atom is -0.377 e. The third-order valence-electron chi connectivity index (χ3n) is 7.57. The molecule has 0 bridgehead atoms. The van der Waals surface area contributed by atoms with Gasteiger partial charge in [0.05, 0.1) is 11.4 Å². The second-order valence-electron chi connectivity index (χ2n) is 10.5.